The first-order valence-corrected chi connectivity index (χ1v) is 7.55. The number of fused-ring (bicyclic) bond motifs is 1. The van der Waals surface area contributed by atoms with Crippen LogP contribution in [0.3, 0.4) is 0 Å². The number of Topliss-reactive ketones (excluding diaryl/α,β-unsaturated/α-hetero) is 1. The van der Waals surface area contributed by atoms with Crippen molar-refractivity contribution in [3.63, 3.8) is 0 Å². The highest BCUT2D eigenvalue weighted by atomic mass is 16.6. The fraction of sp³-hybridized carbons (Fsp3) is 0.471. The third kappa shape index (κ3) is 3.10. The number of rotatable bonds is 4. The van der Waals surface area contributed by atoms with Crippen LogP contribution >= 0.6 is 0 Å². The molecule has 0 aliphatic carbocycles. The van der Waals surface area contributed by atoms with E-state index in [2.05, 4.69) is 11.5 Å². The van der Waals surface area contributed by atoms with Crippen molar-refractivity contribution in [2.45, 2.75) is 12.8 Å². The van der Waals surface area contributed by atoms with Gasteiger partial charge in [-0.05, 0) is 44.1 Å². The maximum absolute atomic E-state index is 12.6. The highest BCUT2D eigenvalue weighted by Crippen LogP contribution is 2.32. The van der Waals surface area contributed by atoms with Crippen LogP contribution in [0, 0.1) is 5.92 Å². The van der Waals surface area contributed by atoms with Gasteiger partial charge in [-0.1, -0.05) is 6.08 Å². The second-order valence-electron chi connectivity index (χ2n) is 5.59. The summed E-state index contributed by atoms with van der Waals surface area (Å²) in [7, 11) is 0. The Bertz CT molecular complexity index is 533. The molecule has 0 aromatic heterocycles. The van der Waals surface area contributed by atoms with E-state index in [4.69, 9.17) is 9.47 Å². The van der Waals surface area contributed by atoms with Gasteiger partial charge in [0.05, 0.1) is 0 Å². The molecular weight excluding hydrogens is 266 g/mol. The summed E-state index contributed by atoms with van der Waals surface area (Å²) in [5, 5.41) is 0. The second kappa shape index (κ2) is 6.31. The number of hydrogen-bond acceptors (Lipinski definition) is 4. The molecule has 1 aromatic carbocycles. The van der Waals surface area contributed by atoms with Gasteiger partial charge in [0.2, 0.25) is 0 Å². The van der Waals surface area contributed by atoms with Crippen molar-refractivity contribution in [2.75, 3.05) is 32.8 Å². The Balaban J connectivity index is 1.67. The van der Waals surface area contributed by atoms with Gasteiger partial charge < -0.3 is 9.47 Å². The highest BCUT2D eigenvalue weighted by Gasteiger charge is 2.26. The molecular formula is C17H21NO3. The molecule has 21 heavy (non-hydrogen) atoms. The van der Waals surface area contributed by atoms with Crippen LogP contribution in [0.5, 0.6) is 11.5 Å². The minimum Gasteiger partial charge on any atom is -0.486 e. The van der Waals surface area contributed by atoms with Crippen LogP contribution in [0.4, 0.5) is 0 Å². The summed E-state index contributed by atoms with van der Waals surface area (Å²) in [4.78, 5) is 14.9. The smallest absolute Gasteiger partial charge is 0.166 e. The van der Waals surface area contributed by atoms with Gasteiger partial charge in [0.25, 0.3) is 0 Å². The summed E-state index contributed by atoms with van der Waals surface area (Å²) in [6.45, 7) is 7.72. The largest absolute Gasteiger partial charge is 0.486 e. The lowest BCUT2D eigenvalue weighted by Gasteiger charge is -2.30. The van der Waals surface area contributed by atoms with Gasteiger partial charge in [-0.2, -0.15) is 0 Å². The van der Waals surface area contributed by atoms with E-state index in [0.717, 1.165) is 43.8 Å². The molecule has 2 heterocycles. The number of hydrogen-bond donors (Lipinski definition) is 0. The van der Waals surface area contributed by atoms with Gasteiger partial charge >= 0.3 is 0 Å². The van der Waals surface area contributed by atoms with E-state index < -0.39 is 0 Å². The van der Waals surface area contributed by atoms with Gasteiger partial charge in [0.1, 0.15) is 13.2 Å². The van der Waals surface area contributed by atoms with Crippen molar-refractivity contribution in [3.8, 4) is 11.5 Å². The zero-order valence-corrected chi connectivity index (χ0v) is 12.2. The molecule has 0 amide bonds. The van der Waals surface area contributed by atoms with Gasteiger partial charge in [0, 0.05) is 18.0 Å². The quantitative estimate of drug-likeness (QED) is 0.630. The van der Waals surface area contributed by atoms with Crippen molar-refractivity contribution >= 4 is 5.78 Å². The van der Waals surface area contributed by atoms with Crippen LogP contribution in [-0.2, 0) is 0 Å². The zero-order chi connectivity index (χ0) is 14.7. The molecule has 0 saturated carbocycles. The van der Waals surface area contributed by atoms with E-state index in [-0.39, 0.29) is 11.7 Å². The molecule has 4 nitrogen and oxygen atoms in total. The molecule has 0 radical (unpaired) electrons. The normalized spacial score (nSPS) is 19.2. The van der Waals surface area contributed by atoms with Crippen molar-refractivity contribution < 1.29 is 14.3 Å². The predicted molar refractivity (Wildman–Crippen MR) is 81.1 cm³/mol. The van der Waals surface area contributed by atoms with Crippen LogP contribution in [0.2, 0.25) is 0 Å². The van der Waals surface area contributed by atoms with E-state index in [1.54, 1.807) is 0 Å². The van der Waals surface area contributed by atoms with E-state index in [9.17, 15) is 4.79 Å². The number of likely N-dealkylation sites (tertiary alicyclic amines) is 1. The van der Waals surface area contributed by atoms with E-state index in [1.807, 2.05) is 24.3 Å². The monoisotopic (exact) mass is 287 g/mol. The fourth-order valence-corrected chi connectivity index (χ4v) is 2.99. The van der Waals surface area contributed by atoms with Crippen LogP contribution in [0.25, 0.3) is 0 Å². The topological polar surface area (TPSA) is 38.8 Å². The number of carbonyl (C=O) groups excluding carboxylic acids is 1. The number of benzene rings is 1. The van der Waals surface area contributed by atoms with Gasteiger partial charge in [0.15, 0.2) is 17.3 Å². The summed E-state index contributed by atoms with van der Waals surface area (Å²) >= 11 is 0. The number of ether oxygens (including phenoxy) is 2. The second-order valence-corrected chi connectivity index (χ2v) is 5.59. The average Bonchev–Trinajstić information content (AvgIpc) is 2.55. The predicted octanol–water partition coefficient (Wildman–Crippen LogP) is 2.54. The van der Waals surface area contributed by atoms with Crippen LogP contribution in [0.15, 0.2) is 30.9 Å². The fourth-order valence-electron chi connectivity index (χ4n) is 2.99. The maximum Gasteiger partial charge on any atom is 0.166 e. The summed E-state index contributed by atoms with van der Waals surface area (Å²) in [6, 6.07) is 5.52. The number of piperidine rings is 1. The molecule has 2 aliphatic rings. The number of carbonyl (C=O) groups is 1. The van der Waals surface area contributed by atoms with E-state index in [0.29, 0.717) is 19.0 Å². The Morgan fingerprint density at radius 3 is 2.67 bits per heavy atom. The van der Waals surface area contributed by atoms with Crippen LogP contribution in [0.1, 0.15) is 23.2 Å². The molecule has 0 atom stereocenters. The molecule has 0 N–H and O–H groups in total. The van der Waals surface area contributed by atoms with Gasteiger partial charge in [-0.25, -0.2) is 0 Å². The molecule has 0 spiro atoms. The van der Waals surface area contributed by atoms with Crippen LogP contribution in [-0.4, -0.2) is 43.5 Å². The van der Waals surface area contributed by atoms with E-state index >= 15 is 0 Å². The zero-order valence-electron chi connectivity index (χ0n) is 12.2. The van der Waals surface area contributed by atoms with Gasteiger partial charge in [-0.15, -0.1) is 6.58 Å². The highest BCUT2D eigenvalue weighted by molar-refractivity contribution is 5.98. The van der Waals surface area contributed by atoms with Crippen molar-refractivity contribution in [1.82, 2.24) is 4.90 Å². The first-order valence-electron chi connectivity index (χ1n) is 7.55. The summed E-state index contributed by atoms with van der Waals surface area (Å²) < 4.78 is 11.0. The lowest BCUT2D eigenvalue weighted by atomic mass is 9.88. The maximum atomic E-state index is 12.6. The molecule has 2 aliphatic heterocycles. The SMILES string of the molecule is C=CCN1CCC(C(=O)c2ccc3c(c2)OCCO3)CC1. The van der Waals surface area contributed by atoms with Crippen molar-refractivity contribution in [1.29, 1.82) is 0 Å². The Morgan fingerprint density at radius 1 is 1.24 bits per heavy atom. The van der Waals surface area contributed by atoms with E-state index in [1.165, 1.54) is 0 Å². The Kier molecular flexibility index (Phi) is 4.25. The molecule has 1 aromatic rings. The van der Waals surface area contributed by atoms with Crippen molar-refractivity contribution in [3.05, 3.63) is 36.4 Å². The van der Waals surface area contributed by atoms with Gasteiger partial charge in [-0.3, -0.25) is 9.69 Å². The molecule has 4 heteroatoms. The lowest BCUT2D eigenvalue weighted by Crippen LogP contribution is -2.36. The third-order valence-corrected chi connectivity index (χ3v) is 4.17. The Labute approximate surface area is 125 Å². The molecule has 0 bridgehead atoms. The standard InChI is InChI=1S/C17H21NO3/c1-2-7-18-8-5-13(6-9-18)17(19)14-3-4-15-16(12-14)21-11-10-20-15/h2-4,12-13H,1,5-11H2. The minimum absolute atomic E-state index is 0.119. The molecule has 1 fully saturated rings. The first-order chi connectivity index (χ1) is 10.3. The summed E-state index contributed by atoms with van der Waals surface area (Å²) in [6.07, 6.45) is 3.76. The molecule has 112 valence electrons. The number of ketones is 1. The summed E-state index contributed by atoms with van der Waals surface area (Å²) in [5.41, 5.74) is 0.737. The molecule has 3 rings (SSSR count). The Hall–Kier alpha value is -1.81. The first kappa shape index (κ1) is 14.1. The molecule has 0 unspecified atom stereocenters. The minimum atomic E-state index is 0.119. The Morgan fingerprint density at radius 2 is 1.95 bits per heavy atom. The average molecular weight is 287 g/mol. The number of nitrogens with zero attached hydrogens (tertiary/aromatic N) is 1. The lowest BCUT2D eigenvalue weighted by molar-refractivity contribution is 0.0847. The summed E-state index contributed by atoms with van der Waals surface area (Å²) in [5.74, 6) is 1.77. The molecule has 1 saturated heterocycles. The van der Waals surface area contributed by atoms with Crippen LogP contribution < -0.4 is 9.47 Å². The third-order valence-electron chi connectivity index (χ3n) is 4.17. The van der Waals surface area contributed by atoms with Crippen molar-refractivity contribution in [2.24, 2.45) is 5.92 Å².